The van der Waals surface area contributed by atoms with Gasteiger partial charge in [0.2, 0.25) is 0 Å². The minimum atomic E-state index is 0.323. The molecular formula is C13H15Cl2N3O. The average molecular weight is 300 g/mol. The van der Waals surface area contributed by atoms with Crippen LogP contribution in [0.2, 0.25) is 10.0 Å². The topological polar surface area (TPSA) is 53.1 Å². The highest BCUT2D eigenvalue weighted by Gasteiger charge is 2.13. The quantitative estimate of drug-likeness (QED) is 0.944. The summed E-state index contributed by atoms with van der Waals surface area (Å²) in [4.78, 5) is 0. The van der Waals surface area contributed by atoms with E-state index >= 15 is 0 Å². The van der Waals surface area contributed by atoms with Crippen molar-refractivity contribution in [1.29, 1.82) is 0 Å². The van der Waals surface area contributed by atoms with Crippen molar-refractivity contribution >= 4 is 23.2 Å². The first-order chi connectivity index (χ1) is 9.04. The van der Waals surface area contributed by atoms with Gasteiger partial charge < -0.3 is 10.5 Å². The molecule has 0 spiro atoms. The maximum absolute atomic E-state index is 6.17. The van der Waals surface area contributed by atoms with Gasteiger partial charge in [0.15, 0.2) is 0 Å². The lowest BCUT2D eigenvalue weighted by molar-refractivity contribution is 0.292. The molecule has 19 heavy (non-hydrogen) atoms. The fourth-order valence-electron chi connectivity index (χ4n) is 1.86. The van der Waals surface area contributed by atoms with Crippen LogP contribution in [0.1, 0.15) is 17.0 Å². The Labute approximate surface area is 122 Å². The number of hydrogen-bond donors (Lipinski definition) is 1. The Balaban J connectivity index is 2.21. The molecule has 0 aliphatic rings. The van der Waals surface area contributed by atoms with E-state index in [1.54, 1.807) is 10.7 Å². The number of ether oxygens (including phenoxy) is 1. The van der Waals surface area contributed by atoms with Gasteiger partial charge in [-0.15, -0.1) is 0 Å². The third-order valence-corrected chi connectivity index (χ3v) is 3.75. The number of nitrogens with zero attached hydrogens (tertiary/aromatic N) is 2. The summed E-state index contributed by atoms with van der Waals surface area (Å²) in [6, 6.07) is 5.45. The largest absolute Gasteiger partial charge is 0.487 e. The maximum Gasteiger partial charge on any atom is 0.131 e. The minimum Gasteiger partial charge on any atom is -0.487 e. The van der Waals surface area contributed by atoms with Gasteiger partial charge in [-0.3, -0.25) is 4.68 Å². The Bertz CT molecular complexity index is 596. The third-order valence-electron chi connectivity index (χ3n) is 2.91. The molecule has 1 aromatic carbocycles. The van der Waals surface area contributed by atoms with Crippen LogP contribution in [0.5, 0.6) is 5.75 Å². The molecule has 0 bridgehead atoms. The Morgan fingerprint density at radius 3 is 2.68 bits per heavy atom. The monoisotopic (exact) mass is 299 g/mol. The van der Waals surface area contributed by atoms with E-state index in [1.807, 2.05) is 26.1 Å². The first-order valence-corrected chi connectivity index (χ1v) is 6.58. The molecule has 4 nitrogen and oxygen atoms in total. The number of halogens is 2. The standard InChI is InChI=1S/C13H15Cl2N3O/c1-8-13(15)11(18(2)17-8)7-19-12-5-3-4-10(14)9(12)6-16/h3-5H,6-7,16H2,1-2H3. The lowest BCUT2D eigenvalue weighted by Crippen LogP contribution is -2.06. The zero-order valence-corrected chi connectivity index (χ0v) is 12.3. The molecule has 0 saturated heterocycles. The van der Waals surface area contributed by atoms with Crippen molar-refractivity contribution in [3.05, 3.63) is 45.2 Å². The number of hydrogen-bond acceptors (Lipinski definition) is 3. The lowest BCUT2D eigenvalue weighted by Gasteiger charge is -2.12. The second-order valence-corrected chi connectivity index (χ2v) is 4.96. The van der Waals surface area contributed by atoms with Gasteiger partial charge in [-0.05, 0) is 19.1 Å². The van der Waals surface area contributed by atoms with E-state index in [2.05, 4.69) is 5.10 Å². The normalized spacial score (nSPS) is 10.8. The Morgan fingerprint density at radius 2 is 2.11 bits per heavy atom. The van der Waals surface area contributed by atoms with Crippen LogP contribution in [0.15, 0.2) is 18.2 Å². The van der Waals surface area contributed by atoms with Gasteiger partial charge in [-0.1, -0.05) is 29.3 Å². The van der Waals surface area contributed by atoms with Crippen LogP contribution in [0.4, 0.5) is 0 Å². The summed E-state index contributed by atoms with van der Waals surface area (Å²) in [5, 5.41) is 5.46. The highest BCUT2D eigenvalue weighted by atomic mass is 35.5. The van der Waals surface area contributed by atoms with Crippen molar-refractivity contribution in [2.24, 2.45) is 12.8 Å². The van der Waals surface area contributed by atoms with Crippen LogP contribution >= 0.6 is 23.2 Å². The highest BCUT2D eigenvalue weighted by Crippen LogP contribution is 2.27. The van der Waals surface area contributed by atoms with Crippen molar-refractivity contribution < 1.29 is 4.74 Å². The predicted molar refractivity (Wildman–Crippen MR) is 76.6 cm³/mol. The zero-order valence-electron chi connectivity index (χ0n) is 10.8. The van der Waals surface area contributed by atoms with Crippen LogP contribution < -0.4 is 10.5 Å². The molecule has 2 rings (SSSR count). The first-order valence-electron chi connectivity index (χ1n) is 5.82. The van der Waals surface area contributed by atoms with Gasteiger partial charge in [0.25, 0.3) is 0 Å². The summed E-state index contributed by atoms with van der Waals surface area (Å²) in [5.74, 6) is 0.671. The van der Waals surface area contributed by atoms with Crippen LogP contribution in [-0.2, 0) is 20.2 Å². The van der Waals surface area contributed by atoms with Crippen molar-refractivity contribution in [1.82, 2.24) is 9.78 Å². The number of nitrogens with two attached hydrogens (primary N) is 1. The number of aryl methyl sites for hydroxylation is 2. The minimum absolute atomic E-state index is 0.323. The van der Waals surface area contributed by atoms with Crippen molar-refractivity contribution in [2.45, 2.75) is 20.1 Å². The Hall–Kier alpha value is -1.23. The van der Waals surface area contributed by atoms with Crippen LogP contribution in [0, 0.1) is 6.92 Å². The second-order valence-electron chi connectivity index (χ2n) is 4.18. The molecule has 1 aromatic heterocycles. The molecule has 0 radical (unpaired) electrons. The number of aromatic nitrogens is 2. The van der Waals surface area contributed by atoms with E-state index < -0.39 is 0 Å². The summed E-state index contributed by atoms with van der Waals surface area (Å²) in [6.07, 6.45) is 0. The fourth-order valence-corrected chi connectivity index (χ4v) is 2.31. The van der Waals surface area contributed by atoms with Gasteiger partial charge in [0.1, 0.15) is 12.4 Å². The Kier molecular flexibility index (Phi) is 4.34. The molecular weight excluding hydrogens is 285 g/mol. The molecule has 0 aliphatic heterocycles. The smallest absolute Gasteiger partial charge is 0.131 e. The van der Waals surface area contributed by atoms with Gasteiger partial charge >= 0.3 is 0 Å². The molecule has 6 heteroatoms. The summed E-state index contributed by atoms with van der Waals surface area (Å²) >= 11 is 12.2. The van der Waals surface area contributed by atoms with E-state index in [9.17, 15) is 0 Å². The summed E-state index contributed by atoms with van der Waals surface area (Å²) in [6.45, 7) is 2.51. The van der Waals surface area contributed by atoms with Gasteiger partial charge in [-0.2, -0.15) is 5.10 Å². The van der Waals surface area contributed by atoms with E-state index in [0.29, 0.717) is 28.9 Å². The molecule has 0 amide bonds. The van der Waals surface area contributed by atoms with Gasteiger partial charge in [-0.25, -0.2) is 0 Å². The number of rotatable bonds is 4. The van der Waals surface area contributed by atoms with Crippen LogP contribution in [-0.4, -0.2) is 9.78 Å². The molecule has 0 saturated carbocycles. The molecule has 1 heterocycles. The molecule has 0 aliphatic carbocycles. The molecule has 0 unspecified atom stereocenters. The van der Waals surface area contributed by atoms with Crippen molar-refractivity contribution in [3.63, 3.8) is 0 Å². The lowest BCUT2D eigenvalue weighted by atomic mass is 10.2. The van der Waals surface area contributed by atoms with E-state index in [1.165, 1.54) is 0 Å². The van der Waals surface area contributed by atoms with E-state index in [-0.39, 0.29) is 0 Å². The van der Waals surface area contributed by atoms with Gasteiger partial charge in [0, 0.05) is 24.2 Å². The molecule has 2 aromatic rings. The maximum atomic E-state index is 6.17. The van der Waals surface area contributed by atoms with Crippen LogP contribution in [0.25, 0.3) is 0 Å². The molecule has 0 fully saturated rings. The highest BCUT2D eigenvalue weighted by molar-refractivity contribution is 6.32. The second kappa shape index (κ2) is 5.82. The number of benzene rings is 1. The predicted octanol–water partition coefficient (Wildman–Crippen LogP) is 3.07. The Morgan fingerprint density at radius 1 is 1.37 bits per heavy atom. The van der Waals surface area contributed by atoms with Gasteiger partial charge in [0.05, 0.1) is 16.4 Å². The summed E-state index contributed by atoms with van der Waals surface area (Å²) in [5.41, 5.74) is 8.07. The zero-order chi connectivity index (χ0) is 14.0. The van der Waals surface area contributed by atoms with Crippen molar-refractivity contribution in [2.75, 3.05) is 0 Å². The van der Waals surface area contributed by atoms with Crippen molar-refractivity contribution in [3.8, 4) is 5.75 Å². The third kappa shape index (κ3) is 2.86. The SMILES string of the molecule is Cc1nn(C)c(COc2cccc(Cl)c2CN)c1Cl. The summed E-state index contributed by atoms with van der Waals surface area (Å²) in [7, 11) is 1.83. The molecule has 0 atom stereocenters. The molecule has 102 valence electrons. The summed E-state index contributed by atoms with van der Waals surface area (Å²) < 4.78 is 7.47. The molecule has 2 N–H and O–H groups in total. The first kappa shape index (κ1) is 14.2. The average Bonchev–Trinajstić information content (AvgIpc) is 2.61. The van der Waals surface area contributed by atoms with E-state index in [4.69, 9.17) is 33.7 Å². The fraction of sp³-hybridized carbons (Fsp3) is 0.308. The van der Waals surface area contributed by atoms with E-state index in [0.717, 1.165) is 17.0 Å². The van der Waals surface area contributed by atoms with Crippen LogP contribution in [0.3, 0.4) is 0 Å².